The minimum absolute atomic E-state index is 0.374. The molecule has 1 spiro atoms. The van der Waals surface area contributed by atoms with Gasteiger partial charge in [-0.15, -0.1) is 0 Å². The molecule has 0 aromatic heterocycles. The van der Waals surface area contributed by atoms with Gasteiger partial charge >= 0.3 is 12.0 Å². The molecule has 0 radical (unpaired) electrons. The Hall–Kier alpha value is -2.12. The molecule has 0 aromatic rings. The molecule has 2 rings (SSSR count). The number of nitrogens with zero attached hydrogens (tertiary/aromatic N) is 1. The summed E-state index contributed by atoms with van der Waals surface area (Å²) in [6.45, 7) is 1.21. The van der Waals surface area contributed by atoms with Crippen molar-refractivity contribution in [3.05, 3.63) is 0 Å². The number of imide groups is 1. The molecule has 0 aromatic carbocycles. The predicted molar refractivity (Wildman–Crippen MR) is 75.6 cm³/mol. The van der Waals surface area contributed by atoms with E-state index in [9.17, 15) is 19.2 Å². The van der Waals surface area contributed by atoms with Crippen LogP contribution in [-0.4, -0.2) is 54.5 Å². The van der Waals surface area contributed by atoms with Crippen LogP contribution in [0.4, 0.5) is 4.79 Å². The van der Waals surface area contributed by atoms with E-state index in [0.29, 0.717) is 18.8 Å². The van der Waals surface area contributed by atoms with Crippen LogP contribution in [-0.2, 0) is 19.1 Å². The van der Waals surface area contributed by atoms with Gasteiger partial charge in [0, 0.05) is 7.05 Å². The summed E-state index contributed by atoms with van der Waals surface area (Å²) in [6.07, 6.45) is 2.90. The molecule has 2 fully saturated rings. The lowest BCUT2D eigenvalue weighted by Gasteiger charge is -2.33. The summed E-state index contributed by atoms with van der Waals surface area (Å²) in [5, 5.41) is 5.03. The van der Waals surface area contributed by atoms with Crippen LogP contribution in [0.15, 0.2) is 0 Å². The second-order valence-electron chi connectivity index (χ2n) is 5.92. The molecule has 8 nitrogen and oxygen atoms in total. The molecule has 122 valence electrons. The maximum absolute atomic E-state index is 12.5. The van der Waals surface area contributed by atoms with Crippen molar-refractivity contribution in [2.75, 3.05) is 20.2 Å². The van der Waals surface area contributed by atoms with Crippen LogP contribution in [0.2, 0.25) is 0 Å². The van der Waals surface area contributed by atoms with Gasteiger partial charge in [-0.05, 0) is 31.6 Å². The molecule has 1 aliphatic carbocycles. The molecule has 2 N–H and O–H groups in total. The predicted octanol–water partition coefficient (Wildman–Crippen LogP) is -0.224. The van der Waals surface area contributed by atoms with E-state index >= 15 is 0 Å². The first-order chi connectivity index (χ1) is 10.4. The Morgan fingerprint density at radius 3 is 2.59 bits per heavy atom. The summed E-state index contributed by atoms with van der Waals surface area (Å²) in [5.74, 6) is -1.08. The minimum atomic E-state index is -0.870. The van der Waals surface area contributed by atoms with Crippen LogP contribution in [0, 0.1) is 5.92 Å². The summed E-state index contributed by atoms with van der Waals surface area (Å²) in [5.41, 5.74) is -0.870. The molecule has 1 saturated carbocycles. The highest BCUT2D eigenvalue weighted by molar-refractivity contribution is 6.08. The second kappa shape index (κ2) is 6.33. The maximum Gasteiger partial charge on any atom is 0.326 e. The normalized spacial score (nSPS) is 27.7. The minimum Gasteiger partial charge on any atom is -0.454 e. The standard InChI is InChI=1S/C14H21N3O5/c1-9-3-5-14(6-4-9)12(20)17(13(21)16-14)7-11(19)22-8-10(18)15-2/h9H,3-8H2,1-2H3,(H,15,18)(H,16,21). The van der Waals surface area contributed by atoms with Gasteiger partial charge in [-0.25, -0.2) is 4.79 Å². The number of hydrogen-bond acceptors (Lipinski definition) is 5. The SMILES string of the molecule is CNC(=O)COC(=O)CN1C(=O)NC2(CCC(C)CC2)C1=O. The monoisotopic (exact) mass is 311 g/mol. The zero-order valence-electron chi connectivity index (χ0n) is 12.8. The highest BCUT2D eigenvalue weighted by atomic mass is 16.5. The third-order valence-corrected chi connectivity index (χ3v) is 4.30. The summed E-state index contributed by atoms with van der Waals surface area (Å²) in [7, 11) is 1.42. The third-order valence-electron chi connectivity index (χ3n) is 4.30. The Balaban J connectivity index is 1.95. The number of likely N-dealkylation sites (N-methyl/N-ethyl adjacent to an activating group) is 1. The zero-order valence-corrected chi connectivity index (χ0v) is 12.8. The van der Waals surface area contributed by atoms with E-state index in [4.69, 9.17) is 4.74 Å². The van der Waals surface area contributed by atoms with Crippen molar-refractivity contribution in [1.82, 2.24) is 15.5 Å². The molecule has 0 unspecified atom stereocenters. The fraction of sp³-hybridized carbons (Fsp3) is 0.714. The smallest absolute Gasteiger partial charge is 0.326 e. The number of carbonyl (C=O) groups excluding carboxylic acids is 4. The molecule has 22 heavy (non-hydrogen) atoms. The quantitative estimate of drug-likeness (QED) is 0.551. The van der Waals surface area contributed by atoms with Gasteiger partial charge in [-0.2, -0.15) is 0 Å². The first-order valence-corrected chi connectivity index (χ1v) is 7.38. The van der Waals surface area contributed by atoms with Crippen molar-refractivity contribution < 1.29 is 23.9 Å². The van der Waals surface area contributed by atoms with Gasteiger partial charge in [0.2, 0.25) is 0 Å². The van der Waals surface area contributed by atoms with Crippen molar-refractivity contribution in [2.24, 2.45) is 5.92 Å². The van der Waals surface area contributed by atoms with Gasteiger partial charge < -0.3 is 15.4 Å². The average molecular weight is 311 g/mol. The van der Waals surface area contributed by atoms with Crippen molar-refractivity contribution in [1.29, 1.82) is 0 Å². The first-order valence-electron chi connectivity index (χ1n) is 7.38. The van der Waals surface area contributed by atoms with Crippen LogP contribution in [0.1, 0.15) is 32.6 Å². The van der Waals surface area contributed by atoms with Gasteiger partial charge in [0.25, 0.3) is 11.8 Å². The van der Waals surface area contributed by atoms with Crippen LogP contribution in [0.25, 0.3) is 0 Å². The molecule has 4 amide bonds. The fourth-order valence-corrected chi connectivity index (χ4v) is 2.81. The second-order valence-corrected chi connectivity index (χ2v) is 5.92. The van der Waals surface area contributed by atoms with Crippen LogP contribution in [0.5, 0.6) is 0 Å². The highest BCUT2D eigenvalue weighted by Crippen LogP contribution is 2.36. The number of urea groups is 1. The molecule has 1 saturated heterocycles. The highest BCUT2D eigenvalue weighted by Gasteiger charge is 2.52. The average Bonchev–Trinajstić information content (AvgIpc) is 2.72. The Morgan fingerprint density at radius 1 is 1.36 bits per heavy atom. The number of rotatable bonds is 4. The lowest BCUT2D eigenvalue weighted by Crippen LogP contribution is -2.49. The van der Waals surface area contributed by atoms with E-state index in [2.05, 4.69) is 17.6 Å². The third kappa shape index (κ3) is 3.20. The van der Waals surface area contributed by atoms with Crippen LogP contribution >= 0.6 is 0 Å². The summed E-state index contributed by atoms with van der Waals surface area (Å²) < 4.78 is 4.72. The number of carbonyl (C=O) groups is 4. The van der Waals surface area contributed by atoms with E-state index in [0.717, 1.165) is 17.7 Å². The molecule has 1 heterocycles. The van der Waals surface area contributed by atoms with E-state index < -0.39 is 36.6 Å². The topological polar surface area (TPSA) is 105 Å². The number of amides is 4. The largest absolute Gasteiger partial charge is 0.454 e. The van der Waals surface area contributed by atoms with E-state index in [1.54, 1.807) is 0 Å². The van der Waals surface area contributed by atoms with Gasteiger partial charge in [0.05, 0.1) is 0 Å². The van der Waals surface area contributed by atoms with Gasteiger partial charge in [0.15, 0.2) is 6.61 Å². The molecule has 1 aliphatic heterocycles. The molecule has 2 aliphatic rings. The van der Waals surface area contributed by atoms with Crippen molar-refractivity contribution in [3.8, 4) is 0 Å². The first kappa shape index (κ1) is 16.3. The molecule has 0 bridgehead atoms. The Morgan fingerprint density at radius 2 is 2.00 bits per heavy atom. The van der Waals surface area contributed by atoms with Crippen LogP contribution < -0.4 is 10.6 Å². The number of nitrogens with one attached hydrogen (secondary N) is 2. The van der Waals surface area contributed by atoms with Crippen molar-refractivity contribution in [2.45, 2.75) is 38.1 Å². The molecular formula is C14H21N3O5. The number of hydrogen-bond donors (Lipinski definition) is 2. The Bertz CT molecular complexity index is 497. The Kier molecular flexibility index (Phi) is 4.68. The van der Waals surface area contributed by atoms with Crippen LogP contribution in [0.3, 0.4) is 0 Å². The van der Waals surface area contributed by atoms with Gasteiger partial charge in [-0.1, -0.05) is 6.92 Å². The zero-order chi connectivity index (χ0) is 16.3. The molecule has 0 atom stereocenters. The van der Waals surface area contributed by atoms with Crippen molar-refractivity contribution >= 4 is 23.8 Å². The molecule has 8 heteroatoms. The Labute approximate surface area is 128 Å². The van der Waals surface area contributed by atoms with Gasteiger partial charge in [-0.3, -0.25) is 19.3 Å². The summed E-state index contributed by atoms with van der Waals surface area (Å²) in [4.78, 5) is 48.0. The lowest BCUT2D eigenvalue weighted by atomic mass is 9.77. The van der Waals surface area contributed by atoms with E-state index in [-0.39, 0.29) is 5.91 Å². The van der Waals surface area contributed by atoms with Gasteiger partial charge in [0.1, 0.15) is 12.1 Å². The number of ether oxygens (including phenoxy) is 1. The number of esters is 1. The summed E-state index contributed by atoms with van der Waals surface area (Å²) >= 11 is 0. The molecular weight excluding hydrogens is 290 g/mol. The summed E-state index contributed by atoms with van der Waals surface area (Å²) in [6, 6.07) is -0.573. The fourth-order valence-electron chi connectivity index (χ4n) is 2.81. The lowest BCUT2D eigenvalue weighted by molar-refractivity contribution is -0.151. The maximum atomic E-state index is 12.5. The van der Waals surface area contributed by atoms with Crippen molar-refractivity contribution in [3.63, 3.8) is 0 Å². The van der Waals surface area contributed by atoms with E-state index in [1.165, 1.54) is 7.05 Å². The van der Waals surface area contributed by atoms with E-state index in [1.807, 2.05) is 0 Å².